The van der Waals surface area contributed by atoms with Gasteiger partial charge in [-0.2, -0.15) is 0 Å². The first-order valence-electron chi connectivity index (χ1n) is 7.86. The first kappa shape index (κ1) is 16.3. The van der Waals surface area contributed by atoms with Crippen LogP contribution in [0.2, 0.25) is 0 Å². The molecule has 21 heavy (non-hydrogen) atoms. The van der Waals surface area contributed by atoms with Crippen LogP contribution in [0.3, 0.4) is 0 Å². The number of carbonyl (C=O) groups excluding carboxylic acids is 1. The Morgan fingerprint density at radius 2 is 2.33 bits per heavy atom. The van der Waals surface area contributed by atoms with E-state index in [-0.39, 0.29) is 5.91 Å². The van der Waals surface area contributed by atoms with Crippen molar-refractivity contribution in [2.24, 2.45) is 0 Å². The highest BCUT2D eigenvalue weighted by Gasteiger charge is 2.28. The van der Waals surface area contributed by atoms with Crippen LogP contribution in [0.15, 0.2) is 24.3 Å². The Hall–Kier alpha value is -1.03. The fourth-order valence-corrected chi connectivity index (χ4v) is 3.14. The zero-order valence-corrected chi connectivity index (χ0v) is 14.3. The molecule has 116 valence electrons. The number of rotatable bonds is 7. The standard InChI is InChI=1S/C17H24BrNO2/c1-2-12-21-16-9-3-6-14(13-16)17(20)19-11-5-8-15(19)7-4-10-18/h3,6,9,13,15H,2,4-5,7-8,10-12H2,1H3. The van der Waals surface area contributed by atoms with Gasteiger partial charge < -0.3 is 9.64 Å². The van der Waals surface area contributed by atoms with E-state index < -0.39 is 0 Å². The minimum Gasteiger partial charge on any atom is -0.494 e. The number of amides is 1. The lowest BCUT2D eigenvalue weighted by molar-refractivity contribution is 0.0730. The lowest BCUT2D eigenvalue weighted by Gasteiger charge is -2.24. The molecular weight excluding hydrogens is 330 g/mol. The number of carbonyl (C=O) groups is 1. The van der Waals surface area contributed by atoms with Crippen LogP contribution in [0.1, 0.15) is 49.4 Å². The molecule has 1 amide bonds. The Labute approximate surface area is 135 Å². The second kappa shape index (κ2) is 8.42. The molecule has 0 aliphatic carbocycles. The van der Waals surface area contributed by atoms with Crippen molar-refractivity contribution >= 4 is 21.8 Å². The summed E-state index contributed by atoms with van der Waals surface area (Å²) in [5.74, 6) is 0.938. The molecule has 1 saturated heterocycles. The molecule has 0 spiro atoms. The van der Waals surface area contributed by atoms with E-state index in [1.807, 2.05) is 29.2 Å². The zero-order chi connectivity index (χ0) is 15.1. The van der Waals surface area contributed by atoms with Crippen LogP contribution in [0.25, 0.3) is 0 Å². The Balaban J connectivity index is 2.04. The summed E-state index contributed by atoms with van der Waals surface area (Å²) in [6.07, 6.45) is 5.42. The first-order valence-corrected chi connectivity index (χ1v) is 8.98. The Morgan fingerprint density at radius 3 is 3.10 bits per heavy atom. The number of alkyl halides is 1. The van der Waals surface area contributed by atoms with Gasteiger partial charge in [0.25, 0.3) is 5.91 Å². The number of benzene rings is 1. The highest BCUT2D eigenvalue weighted by atomic mass is 79.9. The number of hydrogen-bond donors (Lipinski definition) is 0. The Kier molecular flexibility index (Phi) is 6.55. The quantitative estimate of drug-likeness (QED) is 0.685. The van der Waals surface area contributed by atoms with Gasteiger partial charge in [0, 0.05) is 23.5 Å². The third kappa shape index (κ3) is 4.47. The van der Waals surface area contributed by atoms with Gasteiger partial charge in [-0.3, -0.25) is 4.79 Å². The second-order valence-electron chi connectivity index (χ2n) is 5.50. The summed E-state index contributed by atoms with van der Waals surface area (Å²) in [4.78, 5) is 14.7. The minimum atomic E-state index is 0.147. The monoisotopic (exact) mass is 353 g/mol. The molecule has 1 fully saturated rings. The van der Waals surface area contributed by atoms with E-state index in [1.165, 1.54) is 0 Å². The van der Waals surface area contributed by atoms with Crippen LogP contribution in [0.4, 0.5) is 0 Å². The number of likely N-dealkylation sites (tertiary alicyclic amines) is 1. The maximum absolute atomic E-state index is 12.7. The van der Waals surface area contributed by atoms with Gasteiger partial charge in [-0.05, 0) is 50.3 Å². The lowest BCUT2D eigenvalue weighted by atomic mass is 10.1. The van der Waals surface area contributed by atoms with Gasteiger partial charge in [-0.15, -0.1) is 0 Å². The molecule has 3 nitrogen and oxygen atoms in total. The van der Waals surface area contributed by atoms with E-state index in [2.05, 4.69) is 22.9 Å². The van der Waals surface area contributed by atoms with Crippen LogP contribution in [-0.2, 0) is 0 Å². The molecule has 1 aromatic rings. The van der Waals surface area contributed by atoms with Crippen LogP contribution in [0.5, 0.6) is 5.75 Å². The van der Waals surface area contributed by atoms with Crippen LogP contribution < -0.4 is 4.74 Å². The van der Waals surface area contributed by atoms with Gasteiger partial charge >= 0.3 is 0 Å². The van der Waals surface area contributed by atoms with Gasteiger partial charge in [0.05, 0.1) is 6.61 Å². The second-order valence-corrected chi connectivity index (χ2v) is 6.30. The molecule has 2 rings (SSSR count). The van der Waals surface area contributed by atoms with E-state index in [0.29, 0.717) is 12.6 Å². The van der Waals surface area contributed by atoms with Crippen molar-refractivity contribution in [3.8, 4) is 5.75 Å². The van der Waals surface area contributed by atoms with E-state index in [1.54, 1.807) is 0 Å². The Bertz CT molecular complexity index is 464. The molecule has 0 saturated carbocycles. The van der Waals surface area contributed by atoms with Gasteiger partial charge in [0.15, 0.2) is 0 Å². The third-order valence-electron chi connectivity index (χ3n) is 3.86. The minimum absolute atomic E-state index is 0.147. The molecular formula is C17H24BrNO2. The molecule has 1 aliphatic rings. The molecule has 1 aliphatic heterocycles. The normalized spacial score (nSPS) is 18.0. The van der Waals surface area contributed by atoms with Crippen molar-refractivity contribution in [1.29, 1.82) is 0 Å². The molecule has 0 bridgehead atoms. The predicted octanol–water partition coefficient (Wildman–Crippen LogP) is 4.26. The summed E-state index contributed by atoms with van der Waals surface area (Å²) in [6, 6.07) is 7.98. The van der Waals surface area contributed by atoms with E-state index in [4.69, 9.17) is 4.74 Å². The van der Waals surface area contributed by atoms with Gasteiger partial charge in [-0.1, -0.05) is 28.9 Å². The van der Waals surface area contributed by atoms with Crippen molar-refractivity contribution in [3.63, 3.8) is 0 Å². The van der Waals surface area contributed by atoms with Crippen LogP contribution in [-0.4, -0.2) is 35.3 Å². The fourth-order valence-electron chi connectivity index (χ4n) is 2.82. The van der Waals surface area contributed by atoms with Gasteiger partial charge in [0.1, 0.15) is 5.75 Å². The summed E-state index contributed by atoms with van der Waals surface area (Å²) in [6.45, 7) is 3.65. The van der Waals surface area contributed by atoms with Crippen molar-refractivity contribution < 1.29 is 9.53 Å². The summed E-state index contributed by atoms with van der Waals surface area (Å²) >= 11 is 3.47. The molecule has 1 heterocycles. The molecule has 0 aromatic heterocycles. The van der Waals surface area contributed by atoms with Crippen molar-refractivity contribution in [2.45, 2.75) is 45.1 Å². The predicted molar refractivity (Wildman–Crippen MR) is 89.3 cm³/mol. The SMILES string of the molecule is CCCOc1cccc(C(=O)N2CCCC2CCCBr)c1. The zero-order valence-electron chi connectivity index (χ0n) is 12.7. The number of ether oxygens (including phenoxy) is 1. The lowest BCUT2D eigenvalue weighted by Crippen LogP contribution is -2.35. The number of nitrogens with zero attached hydrogens (tertiary/aromatic N) is 1. The molecule has 4 heteroatoms. The van der Waals surface area contributed by atoms with Gasteiger partial charge in [-0.25, -0.2) is 0 Å². The summed E-state index contributed by atoms with van der Waals surface area (Å²) < 4.78 is 5.62. The first-order chi connectivity index (χ1) is 10.3. The summed E-state index contributed by atoms with van der Waals surface area (Å²) in [7, 11) is 0. The van der Waals surface area contributed by atoms with Gasteiger partial charge in [0.2, 0.25) is 0 Å². The summed E-state index contributed by atoms with van der Waals surface area (Å²) in [5, 5.41) is 1.01. The van der Waals surface area contributed by atoms with Crippen LogP contribution in [0, 0.1) is 0 Å². The number of halogens is 1. The third-order valence-corrected chi connectivity index (χ3v) is 4.42. The van der Waals surface area contributed by atoms with Crippen molar-refractivity contribution in [2.75, 3.05) is 18.5 Å². The smallest absolute Gasteiger partial charge is 0.254 e. The largest absolute Gasteiger partial charge is 0.494 e. The highest BCUT2D eigenvalue weighted by Crippen LogP contribution is 2.25. The van der Waals surface area contributed by atoms with E-state index in [0.717, 1.165) is 55.3 Å². The maximum Gasteiger partial charge on any atom is 0.254 e. The summed E-state index contributed by atoms with van der Waals surface area (Å²) in [5.41, 5.74) is 0.745. The maximum atomic E-state index is 12.7. The molecule has 1 unspecified atom stereocenters. The van der Waals surface area contributed by atoms with Crippen molar-refractivity contribution in [1.82, 2.24) is 4.90 Å². The average molecular weight is 354 g/mol. The van der Waals surface area contributed by atoms with Crippen LogP contribution >= 0.6 is 15.9 Å². The fraction of sp³-hybridized carbons (Fsp3) is 0.588. The topological polar surface area (TPSA) is 29.5 Å². The molecule has 1 atom stereocenters. The van der Waals surface area contributed by atoms with Crippen molar-refractivity contribution in [3.05, 3.63) is 29.8 Å². The molecule has 0 radical (unpaired) electrons. The molecule has 1 aromatic carbocycles. The Morgan fingerprint density at radius 1 is 1.48 bits per heavy atom. The average Bonchev–Trinajstić information content (AvgIpc) is 2.98. The van der Waals surface area contributed by atoms with E-state index >= 15 is 0 Å². The van der Waals surface area contributed by atoms with E-state index in [9.17, 15) is 4.79 Å². The molecule has 0 N–H and O–H groups in total. The number of hydrogen-bond acceptors (Lipinski definition) is 2. The highest BCUT2D eigenvalue weighted by molar-refractivity contribution is 9.09.